The summed E-state index contributed by atoms with van der Waals surface area (Å²) >= 11 is 0. The quantitative estimate of drug-likeness (QED) is 0.820. The third kappa shape index (κ3) is 2.76. The van der Waals surface area contributed by atoms with Gasteiger partial charge in [0, 0.05) is 17.7 Å². The van der Waals surface area contributed by atoms with Gasteiger partial charge < -0.3 is 5.73 Å². The molecule has 0 aliphatic heterocycles. The monoisotopic (exact) mass is 269 g/mol. The van der Waals surface area contributed by atoms with Crippen LogP contribution >= 0.6 is 0 Å². The summed E-state index contributed by atoms with van der Waals surface area (Å²) in [5, 5.41) is 0. The first-order valence-corrected chi connectivity index (χ1v) is 5.58. The number of alkyl halides is 3. The van der Waals surface area contributed by atoms with E-state index < -0.39 is 17.6 Å². The van der Waals surface area contributed by atoms with Gasteiger partial charge >= 0.3 is 6.18 Å². The number of hydrogen-bond acceptors (Lipinski definition) is 1. The first-order chi connectivity index (χ1) is 8.93. The van der Waals surface area contributed by atoms with Crippen LogP contribution in [0.3, 0.4) is 0 Å². The molecule has 0 unspecified atom stereocenters. The zero-order valence-electron chi connectivity index (χ0n) is 9.84. The minimum Gasteiger partial charge on any atom is -0.326 e. The van der Waals surface area contributed by atoms with E-state index in [1.165, 1.54) is 18.2 Å². The Morgan fingerprint density at radius 1 is 0.947 bits per heavy atom. The zero-order chi connectivity index (χ0) is 14.0. The normalized spacial score (nSPS) is 11.6. The lowest BCUT2D eigenvalue weighted by Gasteiger charge is -2.09. The van der Waals surface area contributed by atoms with Crippen molar-refractivity contribution in [3.63, 3.8) is 0 Å². The van der Waals surface area contributed by atoms with E-state index >= 15 is 0 Å². The predicted molar refractivity (Wildman–Crippen MR) is 64.7 cm³/mol. The van der Waals surface area contributed by atoms with Crippen molar-refractivity contribution in [2.75, 3.05) is 0 Å². The third-order valence-electron chi connectivity index (χ3n) is 2.82. The lowest BCUT2D eigenvalue weighted by atomic mass is 10.0. The summed E-state index contributed by atoms with van der Waals surface area (Å²) in [6, 6.07) is 9.05. The number of halogens is 4. The minimum atomic E-state index is -4.39. The van der Waals surface area contributed by atoms with E-state index in [9.17, 15) is 17.6 Å². The van der Waals surface area contributed by atoms with Crippen molar-refractivity contribution in [1.82, 2.24) is 0 Å². The van der Waals surface area contributed by atoms with E-state index in [1.807, 2.05) is 0 Å². The molecule has 0 spiro atoms. The van der Waals surface area contributed by atoms with Crippen LogP contribution in [0.25, 0.3) is 11.1 Å². The number of benzene rings is 2. The van der Waals surface area contributed by atoms with Gasteiger partial charge in [0.05, 0.1) is 5.56 Å². The molecule has 2 aromatic rings. The Labute approximate surface area is 107 Å². The average Bonchev–Trinajstić information content (AvgIpc) is 2.38. The number of hydrogen-bond donors (Lipinski definition) is 1. The highest BCUT2D eigenvalue weighted by atomic mass is 19.4. The van der Waals surface area contributed by atoms with Crippen LogP contribution in [0, 0.1) is 5.82 Å². The SMILES string of the molecule is NCc1cccc(-c2ccc(C(F)(F)F)cc2)c1F. The second-order valence-electron chi connectivity index (χ2n) is 4.06. The van der Waals surface area contributed by atoms with E-state index in [-0.39, 0.29) is 12.1 Å². The van der Waals surface area contributed by atoms with Gasteiger partial charge in [0.25, 0.3) is 0 Å². The van der Waals surface area contributed by atoms with Crippen LogP contribution in [0.15, 0.2) is 42.5 Å². The molecule has 1 nitrogen and oxygen atoms in total. The van der Waals surface area contributed by atoms with Gasteiger partial charge in [-0.2, -0.15) is 13.2 Å². The molecule has 0 aromatic heterocycles. The second-order valence-corrected chi connectivity index (χ2v) is 4.06. The molecule has 0 bridgehead atoms. The van der Waals surface area contributed by atoms with Crippen LogP contribution in [0.1, 0.15) is 11.1 Å². The highest BCUT2D eigenvalue weighted by Gasteiger charge is 2.30. The van der Waals surface area contributed by atoms with E-state index in [2.05, 4.69) is 0 Å². The lowest BCUT2D eigenvalue weighted by Crippen LogP contribution is -2.04. The van der Waals surface area contributed by atoms with Crippen LogP contribution < -0.4 is 5.73 Å². The highest BCUT2D eigenvalue weighted by Crippen LogP contribution is 2.32. The van der Waals surface area contributed by atoms with Gasteiger partial charge in [-0.15, -0.1) is 0 Å². The molecule has 2 aromatic carbocycles. The molecule has 0 heterocycles. The molecular weight excluding hydrogens is 258 g/mol. The van der Waals surface area contributed by atoms with E-state index in [0.29, 0.717) is 11.1 Å². The van der Waals surface area contributed by atoms with Crippen molar-refractivity contribution in [2.45, 2.75) is 12.7 Å². The Hall–Kier alpha value is -1.88. The molecule has 0 amide bonds. The molecule has 0 aliphatic rings. The Morgan fingerprint density at radius 2 is 1.58 bits per heavy atom. The second kappa shape index (κ2) is 5.01. The lowest BCUT2D eigenvalue weighted by molar-refractivity contribution is -0.137. The smallest absolute Gasteiger partial charge is 0.326 e. The van der Waals surface area contributed by atoms with Crippen molar-refractivity contribution in [3.05, 3.63) is 59.4 Å². The van der Waals surface area contributed by atoms with Gasteiger partial charge in [-0.3, -0.25) is 0 Å². The van der Waals surface area contributed by atoms with Crippen molar-refractivity contribution in [2.24, 2.45) is 5.73 Å². The molecular formula is C14H11F4N. The van der Waals surface area contributed by atoms with E-state index in [0.717, 1.165) is 12.1 Å². The van der Waals surface area contributed by atoms with Crippen LogP contribution in [-0.4, -0.2) is 0 Å². The van der Waals surface area contributed by atoms with Gasteiger partial charge in [-0.05, 0) is 17.7 Å². The summed E-state index contributed by atoms with van der Waals surface area (Å²) in [4.78, 5) is 0. The van der Waals surface area contributed by atoms with Crippen LogP contribution in [0.4, 0.5) is 17.6 Å². The molecule has 0 saturated heterocycles. The van der Waals surface area contributed by atoms with Crippen molar-refractivity contribution in [1.29, 1.82) is 0 Å². The van der Waals surface area contributed by atoms with Gasteiger partial charge in [-0.25, -0.2) is 4.39 Å². The van der Waals surface area contributed by atoms with Crippen LogP contribution in [0.2, 0.25) is 0 Å². The van der Waals surface area contributed by atoms with Gasteiger partial charge in [0.2, 0.25) is 0 Å². The van der Waals surface area contributed by atoms with Gasteiger partial charge in [-0.1, -0.05) is 30.3 Å². The molecule has 2 N–H and O–H groups in total. The van der Waals surface area contributed by atoms with E-state index in [1.54, 1.807) is 12.1 Å². The predicted octanol–water partition coefficient (Wildman–Crippen LogP) is 3.97. The summed E-state index contributed by atoms with van der Waals surface area (Å²) in [6.07, 6.45) is -4.39. The topological polar surface area (TPSA) is 26.0 Å². The summed E-state index contributed by atoms with van der Waals surface area (Å²) < 4.78 is 51.3. The molecule has 5 heteroatoms. The third-order valence-corrected chi connectivity index (χ3v) is 2.82. The van der Waals surface area contributed by atoms with Crippen molar-refractivity contribution in [3.8, 4) is 11.1 Å². The minimum absolute atomic E-state index is 0.0420. The first kappa shape index (κ1) is 13.5. The summed E-state index contributed by atoms with van der Waals surface area (Å²) in [7, 11) is 0. The van der Waals surface area contributed by atoms with Gasteiger partial charge in [0.1, 0.15) is 5.82 Å². The fraction of sp³-hybridized carbons (Fsp3) is 0.143. The molecule has 2 rings (SSSR count). The van der Waals surface area contributed by atoms with Crippen molar-refractivity contribution >= 4 is 0 Å². The zero-order valence-corrected chi connectivity index (χ0v) is 9.84. The average molecular weight is 269 g/mol. The largest absolute Gasteiger partial charge is 0.416 e. The fourth-order valence-corrected chi connectivity index (χ4v) is 1.80. The van der Waals surface area contributed by atoms with Crippen LogP contribution in [0.5, 0.6) is 0 Å². The molecule has 0 fully saturated rings. The summed E-state index contributed by atoms with van der Waals surface area (Å²) in [5.41, 5.74) is 5.60. The Morgan fingerprint density at radius 3 is 2.11 bits per heavy atom. The maximum Gasteiger partial charge on any atom is 0.416 e. The summed E-state index contributed by atoms with van der Waals surface area (Å²) in [6.45, 7) is 0.0420. The molecule has 0 atom stereocenters. The number of nitrogens with two attached hydrogens (primary N) is 1. The first-order valence-electron chi connectivity index (χ1n) is 5.58. The fourth-order valence-electron chi connectivity index (χ4n) is 1.80. The van der Waals surface area contributed by atoms with E-state index in [4.69, 9.17) is 5.73 Å². The van der Waals surface area contributed by atoms with Crippen molar-refractivity contribution < 1.29 is 17.6 Å². The maximum absolute atomic E-state index is 14.0. The van der Waals surface area contributed by atoms with Crippen LogP contribution in [-0.2, 0) is 12.7 Å². The standard InChI is InChI=1S/C14H11F4N/c15-13-10(8-19)2-1-3-12(13)9-4-6-11(7-5-9)14(16,17)18/h1-7H,8,19H2. The molecule has 0 aliphatic carbocycles. The molecule has 100 valence electrons. The summed E-state index contributed by atoms with van der Waals surface area (Å²) in [5.74, 6) is -0.496. The maximum atomic E-state index is 14.0. The Kier molecular flexibility index (Phi) is 3.57. The highest BCUT2D eigenvalue weighted by molar-refractivity contribution is 5.65. The molecule has 19 heavy (non-hydrogen) atoms. The number of rotatable bonds is 2. The molecule has 0 saturated carbocycles. The Balaban J connectivity index is 2.43. The molecule has 0 radical (unpaired) electrons. The van der Waals surface area contributed by atoms with Gasteiger partial charge in [0.15, 0.2) is 0 Å². The Bertz CT molecular complexity index is 573.